The van der Waals surface area contributed by atoms with Crippen LogP contribution in [0.15, 0.2) is 60.1 Å². The first-order valence-electron chi connectivity index (χ1n) is 9.56. The fraction of sp³-hybridized carbons (Fsp3) is 0.300. The molecule has 5 rings (SSSR count). The Balaban J connectivity index is 1.45. The van der Waals surface area contributed by atoms with Crippen LogP contribution in [-0.2, 0) is 5.75 Å². The second kappa shape index (κ2) is 7.63. The number of benzene rings is 1. The molecule has 0 atom stereocenters. The molecule has 0 bridgehead atoms. The van der Waals surface area contributed by atoms with Crippen LogP contribution in [0.2, 0.25) is 0 Å². The van der Waals surface area contributed by atoms with E-state index in [1.54, 1.807) is 18.0 Å². The van der Waals surface area contributed by atoms with Gasteiger partial charge in [0.2, 0.25) is 11.7 Å². The number of piperidine rings is 1. The summed E-state index contributed by atoms with van der Waals surface area (Å²) >= 11 is 1.65. The van der Waals surface area contributed by atoms with Crippen molar-refractivity contribution < 1.29 is 0 Å². The van der Waals surface area contributed by atoms with Crippen molar-refractivity contribution >= 4 is 23.5 Å². The molecule has 0 radical (unpaired) electrons. The standard InChI is InChI=1S/C20H21N7S/c1-3-8-17(9-4-1)27-19(25-11-5-2-6-12-25)23-24-20(27)28-15-16-14-26-13-7-10-21-18(26)22-16/h1,3-4,7-10,13-14H,2,5-6,11-12,15H2. The minimum Gasteiger partial charge on any atom is -0.341 e. The van der Waals surface area contributed by atoms with Crippen LogP contribution in [0.4, 0.5) is 5.95 Å². The van der Waals surface area contributed by atoms with Crippen molar-refractivity contribution in [3.8, 4) is 5.69 Å². The number of imidazole rings is 1. The topological polar surface area (TPSA) is 64.1 Å². The average Bonchev–Trinajstić information content (AvgIpc) is 3.37. The van der Waals surface area contributed by atoms with Gasteiger partial charge in [0, 0.05) is 37.4 Å². The third-order valence-corrected chi connectivity index (χ3v) is 5.87. The zero-order valence-electron chi connectivity index (χ0n) is 15.5. The molecule has 0 unspecified atom stereocenters. The van der Waals surface area contributed by atoms with Crippen molar-refractivity contribution in [2.75, 3.05) is 18.0 Å². The highest BCUT2D eigenvalue weighted by Crippen LogP contribution is 2.29. The molecule has 1 fully saturated rings. The summed E-state index contributed by atoms with van der Waals surface area (Å²) in [4.78, 5) is 11.2. The number of anilines is 1. The van der Waals surface area contributed by atoms with E-state index in [4.69, 9.17) is 0 Å². The Morgan fingerprint density at radius 3 is 2.64 bits per heavy atom. The lowest BCUT2D eigenvalue weighted by Crippen LogP contribution is -2.31. The first kappa shape index (κ1) is 17.2. The van der Waals surface area contributed by atoms with E-state index in [9.17, 15) is 0 Å². The molecular formula is C20H21N7S. The fourth-order valence-corrected chi connectivity index (χ4v) is 4.38. The van der Waals surface area contributed by atoms with Gasteiger partial charge in [-0.05, 0) is 37.5 Å². The first-order chi connectivity index (χ1) is 13.9. The van der Waals surface area contributed by atoms with E-state index < -0.39 is 0 Å². The van der Waals surface area contributed by atoms with Gasteiger partial charge in [-0.2, -0.15) is 0 Å². The second-order valence-corrected chi connectivity index (χ2v) is 7.79. The van der Waals surface area contributed by atoms with Gasteiger partial charge in [-0.3, -0.25) is 8.97 Å². The van der Waals surface area contributed by atoms with E-state index in [2.05, 4.69) is 53.9 Å². The normalized spacial score (nSPS) is 14.6. The van der Waals surface area contributed by atoms with Crippen LogP contribution in [0.1, 0.15) is 25.0 Å². The largest absolute Gasteiger partial charge is 0.341 e. The van der Waals surface area contributed by atoms with E-state index in [0.717, 1.165) is 41.4 Å². The summed E-state index contributed by atoms with van der Waals surface area (Å²) < 4.78 is 4.11. The number of thioether (sulfide) groups is 1. The molecule has 1 aromatic carbocycles. The molecule has 0 aliphatic carbocycles. The Kier molecular flexibility index (Phi) is 4.70. The lowest BCUT2D eigenvalue weighted by molar-refractivity contribution is 0.564. The number of hydrogen-bond acceptors (Lipinski definition) is 6. The van der Waals surface area contributed by atoms with Crippen LogP contribution in [0.25, 0.3) is 11.5 Å². The Hall–Kier alpha value is -2.87. The molecule has 8 heteroatoms. The van der Waals surface area contributed by atoms with Crippen molar-refractivity contribution in [1.82, 2.24) is 29.1 Å². The second-order valence-electron chi connectivity index (χ2n) is 6.85. The van der Waals surface area contributed by atoms with Gasteiger partial charge in [-0.1, -0.05) is 30.0 Å². The van der Waals surface area contributed by atoms with Crippen LogP contribution in [0, 0.1) is 0 Å². The predicted molar refractivity (Wildman–Crippen MR) is 110 cm³/mol. The molecular weight excluding hydrogens is 370 g/mol. The van der Waals surface area contributed by atoms with Gasteiger partial charge in [0.1, 0.15) is 0 Å². The third-order valence-electron chi connectivity index (χ3n) is 4.90. The van der Waals surface area contributed by atoms with E-state index >= 15 is 0 Å². The van der Waals surface area contributed by atoms with E-state index in [-0.39, 0.29) is 0 Å². The quantitative estimate of drug-likeness (QED) is 0.485. The Morgan fingerprint density at radius 2 is 1.82 bits per heavy atom. The van der Waals surface area contributed by atoms with Gasteiger partial charge in [0.05, 0.1) is 11.4 Å². The van der Waals surface area contributed by atoms with Crippen LogP contribution >= 0.6 is 11.8 Å². The molecule has 0 amide bonds. The maximum atomic E-state index is 4.59. The van der Waals surface area contributed by atoms with Crippen LogP contribution in [-0.4, -0.2) is 42.2 Å². The predicted octanol–water partition coefficient (Wildman–Crippen LogP) is 3.59. The smallest absolute Gasteiger partial charge is 0.233 e. The minimum atomic E-state index is 0.717. The van der Waals surface area contributed by atoms with Crippen LogP contribution < -0.4 is 4.90 Å². The van der Waals surface area contributed by atoms with Gasteiger partial charge in [0.25, 0.3) is 0 Å². The lowest BCUT2D eigenvalue weighted by Gasteiger charge is -2.27. The summed E-state index contributed by atoms with van der Waals surface area (Å²) in [7, 11) is 0. The monoisotopic (exact) mass is 391 g/mol. The molecule has 4 aromatic rings. The van der Waals surface area contributed by atoms with Gasteiger partial charge < -0.3 is 4.90 Å². The summed E-state index contributed by atoms with van der Waals surface area (Å²) in [5.41, 5.74) is 2.07. The highest BCUT2D eigenvalue weighted by molar-refractivity contribution is 7.98. The van der Waals surface area contributed by atoms with E-state index in [1.807, 2.05) is 28.9 Å². The molecule has 142 valence electrons. The molecule has 1 aliphatic heterocycles. The summed E-state index contributed by atoms with van der Waals surface area (Å²) in [6.45, 7) is 2.07. The number of aromatic nitrogens is 6. The van der Waals surface area contributed by atoms with Crippen LogP contribution in [0.5, 0.6) is 0 Å². The Morgan fingerprint density at radius 1 is 0.964 bits per heavy atom. The molecule has 7 nitrogen and oxygen atoms in total. The van der Waals surface area contributed by atoms with Crippen LogP contribution in [0.3, 0.4) is 0 Å². The Bertz CT molecular complexity index is 1030. The Labute approximate surface area is 167 Å². The molecule has 3 aromatic heterocycles. The molecule has 1 aliphatic rings. The van der Waals surface area contributed by atoms with Crippen molar-refractivity contribution in [2.24, 2.45) is 0 Å². The van der Waals surface area contributed by atoms with Gasteiger partial charge >= 0.3 is 0 Å². The molecule has 28 heavy (non-hydrogen) atoms. The zero-order valence-corrected chi connectivity index (χ0v) is 16.3. The van der Waals surface area contributed by atoms with Gasteiger partial charge in [0.15, 0.2) is 5.16 Å². The first-order valence-corrected chi connectivity index (χ1v) is 10.5. The number of hydrogen-bond donors (Lipinski definition) is 0. The zero-order chi connectivity index (χ0) is 18.8. The van der Waals surface area contributed by atoms with E-state index in [1.165, 1.54) is 19.3 Å². The van der Waals surface area contributed by atoms with Gasteiger partial charge in [-0.15, -0.1) is 10.2 Å². The summed E-state index contributed by atoms with van der Waals surface area (Å²) in [6, 6.07) is 12.3. The summed E-state index contributed by atoms with van der Waals surface area (Å²) in [6.07, 6.45) is 9.45. The highest BCUT2D eigenvalue weighted by Gasteiger charge is 2.21. The molecule has 0 N–H and O–H groups in total. The van der Waals surface area contributed by atoms with Crippen molar-refractivity contribution in [3.05, 3.63) is 60.7 Å². The van der Waals surface area contributed by atoms with Crippen molar-refractivity contribution in [2.45, 2.75) is 30.2 Å². The SMILES string of the molecule is c1ccc(-n2c(SCc3cn4cccnc4n3)nnc2N2CCCCC2)cc1. The highest BCUT2D eigenvalue weighted by atomic mass is 32.2. The summed E-state index contributed by atoms with van der Waals surface area (Å²) in [5.74, 6) is 2.37. The number of rotatable bonds is 5. The van der Waals surface area contributed by atoms with Crippen molar-refractivity contribution in [3.63, 3.8) is 0 Å². The fourth-order valence-electron chi connectivity index (χ4n) is 3.54. The van der Waals surface area contributed by atoms with Crippen molar-refractivity contribution in [1.29, 1.82) is 0 Å². The number of nitrogens with zero attached hydrogens (tertiary/aromatic N) is 7. The third kappa shape index (κ3) is 3.35. The molecule has 0 spiro atoms. The number of fused-ring (bicyclic) bond motifs is 1. The minimum absolute atomic E-state index is 0.717. The molecule has 0 saturated carbocycles. The lowest BCUT2D eigenvalue weighted by atomic mass is 10.1. The summed E-state index contributed by atoms with van der Waals surface area (Å²) in [5, 5.41) is 9.96. The molecule has 4 heterocycles. The maximum Gasteiger partial charge on any atom is 0.233 e. The molecule has 1 saturated heterocycles. The maximum absolute atomic E-state index is 4.59. The van der Waals surface area contributed by atoms with Gasteiger partial charge in [-0.25, -0.2) is 9.97 Å². The average molecular weight is 392 g/mol. The van der Waals surface area contributed by atoms with E-state index in [0.29, 0.717) is 5.75 Å². The number of para-hydroxylation sites is 1.